The lowest BCUT2D eigenvalue weighted by Crippen LogP contribution is -2.38. The minimum Gasteiger partial charge on any atom is -0.357 e. The molecule has 0 spiro atoms. The number of rotatable bonds is 7. The fraction of sp³-hybridized carbons (Fsp3) is 0.556. The molecular formula is C18H28IN7O. The van der Waals surface area contributed by atoms with Crippen LogP contribution in [0.5, 0.6) is 0 Å². The predicted molar refractivity (Wildman–Crippen MR) is 117 cm³/mol. The molecule has 1 aliphatic rings. The maximum Gasteiger partial charge on any atom is 0.345 e. The summed E-state index contributed by atoms with van der Waals surface area (Å²) in [4.78, 5) is 21.1. The number of aromatic nitrogens is 4. The molecule has 0 amide bonds. The molecule has 27 heavy (non-hydrogen) atoms. The van der Waals surface area contributed by atoms with Crippen molar-refractivity contribution in [1.82, 2.24) is 30.0 Å². The molecule has 0 saturated carbocycles. The Kier molecular flexibility index (Phi) is 8.76. The van der Waals surface area contributed by atoms with Gasteiger partial charge in [-0.05, 0) is 38.3 Å². The Morgan fingerprint density at radius 1 is 1.30 bits per heavy atom. The molecule has 2 aromatic heterocycles. The molecule has 0 saturated heterocycles. The lowest BCUT2D eigenvalue weighted by molar-refractivity contribution is 0.509. The van der Waals surface area contributed by atoms with Crippen LogP contribution < -0.4 is 16.3 Å². The number of nitrogens with zero attached hydrogens (tertiary/aromatic N) is 5. The second-order valence-corrected chi connectivity index (χ2v) is 6.33. The molecule has 8 nitrogen and oxygen atoms in total. The van der Waals surface area contributed by atoms with Crippen LogP contribution in [0, 0.1) is 0 Å². The molecule has 0 fully saturated rings. The average Bonchev–Trinajstić information content (AvgIpc) is 3.00. The van der Waals surface area contributed by atoms with Gasteiger partial charge in [0, 0.05) is 38.8 Å². The third-order valence-corrected chi connectivity index (χ3v) is 4.34. The number of halogens is 1. The molecular weight excluding hydrogens is 457 g/mol. The Hall–Kier alpha value is -1.91. The van der Waals surface area contributed by atoms with Gasteiger partial charge in [-0.25, -0.2) is 14.5 Å². The molecule has 148 valence electrons. The minimum absolute atomic E-state index is 0. The van der Waals surface area contributed by atoms with Crippen LogP contribution in [-0.2, 0) is 26.1 Å². The van der Waals surface area contributed by atoms with Crippen molar-refractivity contribution in [3.63, 3.8) is 0 Å². The van der Waals surface area contributed by atoms with E-state index in [4.69, 9.17) is 0 Å². The zero-order valence-corrected chi connectivity index (χ0v) is 18.1. The first-order chi connectivity index (χ1) is 12.8. The van der Waals surface area contributed by atoms with Gasteiger partial charge >= 0.3 is 5.69 Å². The van der Waals surface area contributed by atoms with Crippen LogP contribution in [-0.4, -0.2) is 38.4 Å². The van der Waals surface area contributed by atoms with Gasteiger partial charge in [-0.2, -0.15) is 5.10 Å². The van der Waals surface area contributed by atoms with Gasteiger partial charge in [0.1, 0.15) is 5.82 Å². The molecule has 0 radical (unpaired) electrons. The maximum absolute atomic E-state index is 12.3. The van der Waals surface area contributed by atoms with Crippen LogP contribution in [0.2, 0.25) is 0 Å². The molecule has 0 unspecified atom stereocenters. The van der Waals surface area contributed by atoms with E-state index >= 15 is 0 Å². The number of fused-ring (bicyclic) bond motifs is 1. The predicted octanol–water partition coefficient (Wildman–Crippen LogP) is 1.54. The van der Waals surface area contributed by atoms with Crippen molar-refractivity contribution in [1.29, 1.82) is 0 Å². The fourth-order valence-corrected chi connectivity index (χ4v) is 3.02. The smallest absolute Gasteiger partial charge is 0.345 e. The van der Waals surface area contributed by atoms with Gasteiger partial charge in [-0.15, -0.1) is 24.0 Å². The average molecular weight is 485 g/mol. The third-order valence-electron chi connectivity index (χ3n) is 4.34. The summed E-state index contributed by atoms with van der Waals surface area (Å²) in [7, 11) is 0. The second kappa shape index (κ2) is 11.1. The molecule has 0 atom stereocenters. The second-order valence-electron chi connectivity index (χ2n) is 6.33. The highest BCUT2D eigenvalue weighted by Crippen LogP contribution is 2.09. The van der Waals surface area contributed by atoms with Gasteiger partial charge in [-0.1, -0.05) is 6.07 Å². The summed E-state index contributed by atoms with van der Waals surface area (Å²) in [6.45, 7) is 5.50. The van der Waals surface area contributed by atoms with Crippen molar-refractivity contribution >= 4 is 29.9 Å². The largest absolute Gasteiger partial charge is 0.357 e. The van der Waals surface area contributed by atoms with Gasteiger partial charge in [0.05, 0.1) is 12.2 Å². The van der Waals surface area contributed by atoms with Gasteiger partial charge in [0.2, 0.25) is 0 Å². The summed E-state index contributed by atoms with van der Waals surface area (Å²) in [6, 6.07) is 5.81. The lowest BCUT2D eigenvalue weighted by atomic mass is 10.2. The van der Waals surface area contributed by atoms with Crippen molar-refractivity contribution in [3.05, 3.63) is 46.4 Å². The van der Waals surface area contributed by atoms with E-state index in [-0.39, 0.29) is 29.7 Å². The number of hydrogen-bond acceptors (Lipinski definition) is 4. The lowest BCUT2D eigenvalue weighted by Gasteiger charge is -2.11. The van der Waals surface area contributed by atoms with E-state index in [9.17, 15) is 4.79 Å². The normalized spacial score (nSPS) is 13.6. The summed E-state index contributed by atoms with van der Waals surface area (Å²) in [5.41, 5.74) is 0.954. The molecule has 0 aromatic carbocycles. The molecule has 0 bridgehead atoms. The van der Waals surface area contributed by atoms with E-state index < -0.39 is 0 Å². The van der Waals surface area contributed by atoms with Gasteiger partial charge < -0.3 is 10.6 Å². The quantitative estimate of drug-likeness (QED) is 0.269. The number of hydrogen-bond donors (Lipinski definition) is 2. The molecule has 3 heterocycles. The first-order valence-corrected chi connectivity index (χ1v) is 9.36. The van der Waals surface area contributed by atoms with Crippen molar-refractivity contribution in [2.75, 3.05) is 13.1 Å². The highest BCUT2D eigenvalue weighted by Gasteiger charge is 2.16. The first-order valence-electron chi connectivity index (χ1n) is 9.36. The SMILES string of the molecule is CCNC(=NCc1ccccn1)NCCCn1nc2n(c1=O)CCCC2.I. The molecule has 2 aromatic rings. The Morgan fingerprint density at radius 2 is 2.19 bits per heavy atom. The number of guanidine groups is 1. The third kappa shape index (κ3) is 6.05. The monoisotopic (exact) mass is 485 g/mol. The Labute approximate surface area is 176 Å². The van der Waals surface area contributed by atoms with Gasteiger partial charge in [0.25, 0.3) is 0 Å². The van der Waals surface area contributed by atoms with E-state index in [1.165, 1.54) is 0 Å². The van der Waals surface area contributed by atoms with Crippen molar-refractivity contribution in [3.8, 4) is 0 Å². The summed E-state index contributed by atoms with van der Waals surface area (Å²) < 4.78 is 3.41. The van der Waals surface area contributed by atoms with Crippen LogP contribution in [0.1, 0.15) is 37.7 Å². The molecule has 3 rings (SSSR count). The van der Waals surface area contributed by atoms with Crippen LogP contribution in [0.4, 0.5) is 0 Å². The number of nitrogens with one attached hydrogen (secondary N) is 2. The van der Waals surface area contributed by atoms with Gasteiger partial charge in [-0.3, -0.25) is 9.55 Å². The number of aryl methyl sites for hydroxylation is 2. The first kappa shape index (κ1) is 21.4. The summed E-state index contributed by atoms with van der Waals surface area (Å²) >= 11 is 0. The topological polar surface area (TPSA) is 89.1 Å². The summed E-state index contributed by atoms with van der Waals surface area (Å²) in [5, 5.41) is 11.0. The van der Waals surface area contributed by atoms with E-state index in [1.54, 1.807) is 10.9 Å². The summed E-state index contributed by atoms with van der Waals surface area (Å²) in [6.07, 6.45) is 5.68. The number of aliphatic imine (C=N–C) groups is 1. The molecule has 9 heteroatoms. The maximum atomic E-state index is 12.3. The fourth-order valence-electron chi connectivity index (χ4n) is 3.02. The Morgan fingerprint density at radius 3 is 2.93 bits per heavy atom. The zero-order chi connectivity index (χ0) is 18.2. The number of pyridine rings is 1. The highest BCUT2D eigenvalue weighted by molar-refractivity contribution is 14.0. The van der Waals surface area contributed by atoms with Crippen LogP contribution in [0.3, 0.4) is 0 Å². The van der Waals surface area contributed by atoms with Crippen LogP contribution in [0.25, 0.3) is 0 Å². The minimum atomic E-state index is 0. The standard InChI is InChI=1S/C18H27N7O.HI/c1-2-19-17(22-14-15-8-3-5-10-20-15)21-11-7-13-25-18(26)24-12-6-4-9-16(24)23-25;/h3,5,8,10H,2,4,6-7,9,11-14H2,1H3,(H2,19,21,22);1H. The van der Waals surface area contributed by atoms with Crippen LogP contribution in [0.15, 0.2) is 34.2 Å². The molecule has 0 aliphatic carbocycles. The summed E-state index contributed by atoms with van der Waals surface area (Å²) in [5.74, 6) is 1.69. The van der Waals surface area contributed by atoms with Crippen molar-refractivity contribution in [2.24, 2.45) is 4.99 Å². The van der Waals surface area contributed by atoms with Crippen LogP contribution >= 0.6 is 24.0 Å². The molecule has 1 aliphatic heterocycles. The molecule has 2 N–H and O–H groups in total. The van der Waals surface area contributed by atoms with Crippen molar-refractivity contribution < 1.29 is 0 Å². The Bertz CT molecular complexity index is 785. The zero-order valence-electron chi connectivity index (χ0n) is 15.7. The van der Waals surface area contributed by atoms with E-state index in [2.05, 4.69) is 25.7 Å². The highest BCUT2D eigenvalue weighted by atomic mass is 127. The van der Waals surface area contributed by atoms with Crippen molar-refractivity contribution in [2.45, 2.75) is 52.2 Å². The van der Waals surface area contributed by atoms with E-state index in [0.717, 1.165) is 62.8 Å². The van der Waals surface area contributed by atoms with E-state index in [0.29, 0.717) is 13.1 Å². The Balaban J connectivity index is 0.00000261. The van der Waals surface area contributed by atoms with Gasteiger partial charge in [0.15, 0.2) is 5.96 Å². The van der Waals surface area contributed by atoms with E-state index in [1.807, 2.05) is 29.7 Å².